The normalized spacial score (nSPS) is 29.4. The molecule has 4 nitrogen and oxygen atoms in total. The highest BCUT2D eigenvalue weighted by Crippen LogP contribution is 2.56. The van der Waals surface area contributed by atoms with E-state index in [1.165, 1.54) is 32.1 Å². The van der Waals surface area contributed by atoms with Gasteiger partial charge in [0.2, 0.25) is 0 Å². The molecule has 150 valence electrons. The zero-order valence-electron chi connectivity index (χ0n) is 16.6. The van der Waals surface area contributed by atoms with Crippen LogP contribution in [0.25, 0.3) is 11.1 Å². The quantitative estimate of drug-likeness (QED) is 0.740. The van der Waals surface area contributed by atoms with Crippen molar-refractivity contribution < 1.29 is 14.3 Å². The molecule has 0 heterocycles. The minimum Gasteiger partial charge on any atom is -0.455 e. The Balaban J connectivity index is 1.21. The van der Waals surface area contributed by atoms with Crippen LogP contribution in [0.4, 0.5) is 5.69 Å². The fraction of sp³-hybridized carbons (Fsp3) is 0.440. The van der Waals surface area contributed by atoms with Gasteiger partial charge in [-0.15, -0.1) is 0 Å². The summed E-state index contributed by atoms with van der Waals surface area (Å²) < 4.78 is 5.50. The van der Waals surface area contributed by atoms with Crippen LogP contribution in [0.1, 0.15) is 32.1 Å². The van der Waals surface area contributed by atoms with Gasteiger partial charge in [-0.2, -0.15) is 0 Å². The molecule has 0 atom stereocenters. The Kier molecular flexibility index (Phi) is 4.86. The number of benzene rings is 2. The van der Waals surface area contributed by atoms with Crippen molar-refractivity contribution >= 4 is 17.6 Å². The molecule has 29 heavy (non-hydrogen) atoms. The van der Waals surface area contributed by atoms with Crippen molar-refractivity contribution in [3.63, 3.8) is 0 Å². The number of carbonyl (C=O) groups is 2. The SMILES string of the molecule is O=C(COC(=O)C1C2CC3CC(C2)CC1C3)Nc1ccccc1-c1ccccc1. The maximum absolute atomic E-state index is 12.8. The number of rotatable bonds is 5. The van der Waals surface area contributed by atoms with Crippen molar-refractivity contribution in [1.82, 2.24) is 0 Å². The second-order valence-corrected chi connectivity index (χ2v) is 9.02. The third kappa shape index (κ3) is 3.68. The minimum absolute atomic E-state index is 0.00667. The maximum Gasteiger partial charge on any atom is 0.310 e. The van der Waals surface area contributed by atoms with E-state index >= 15 is 0 Å². The lowest BCUT2D eigenvalue weighted by molar-refractivity contribution is -0.164. The first-order valence-electron chi connectivity index (χ1n) is 10.8. The zero-order valence-corrected chi connectivity index (χ0v) is 16.6. The summed E-state index contributed by atoms with van der Waals surface area (Å²) in [5.41, 5.74) is 2.72. The van der Waals surface area contributed by atoms with Crippen molar-refractivity contribution in [2.24, 2.45) is 29.6 Å². The van der Waals surface area contributed by atoms with Crippen LogP contribution < -0.4 is 5.32 Å². The molecule has 4 aliphatic carbocycles. The van der Waals surface area contributed by atoms with Crippen LogP contribution in [-0.2, 0) is 14.3 Å². The summed E-state index contributed by atoms with van der Waals surface area (Å²) in [5.74, 6) is 2.14. The van der Waals surface area contributed by atoms with Gasteiger partial charge in [-0.1, -0.05) is 48.5 Å². The molecule has 0 aromatic heterocycles. The van der Waals surface area contributed by atoms with E-state index in [1.807, 2.05) is 54.6 Å². The monoisotopic (exact) mass is 389 g/mol. The molecule has 4 heteroatoms. The van der Waals surface area contributed by atoms with Gasteiger partial charge < -0.3 is 10.1 Å². The predicted octanol–water partition coefficient (Wildman–Crippen LogP) is 4.91. The van der Waals surface area contributed by atoms with Gasteiger partial charge in [0, 0.05) is 11.3 Å². The maximum atomic E-state index is 12.8. The molecule has 4 bridgehead atoms. The average Bonchev–Trinajstić information content (AvgIpc) is 2.72. The summed E-state index contributed by atoms with van der Waals surface area (Å²) in [6.07, 6.45) is 6.04. The molecule has 0 spiro atoms. The number of nitrogens with one attached hydrogen (secondary N) is 1. The van der Waals surface area contributed by atoms with Crippen LogP contribution in [0.5, 0.6) is 0 Å². The highest BCUT2D eigenvalue weighted by Gasteiger charge is 2.51. The Hall–Kier alpha value is -2.62. The van der Waals surface area contributed by atoms with Crippen LogP contribution in [0, 0.1) is 29.6 Å². The lowest BCUT2D eigenvalue weighted by Crippen LogP contribution is -2.48. The van der Waals surface area contributed by atoms with Crippen molar-refractivity contribution in [2.75, 3.05) is 11.9 Å². The summed E-state index contributed by atoms with van der Waals surface area (Å²) in [6.45, 7) is -0.218. The Bertz CT molecular complexity index is 879. The largest absolute Gasteiger partial charge is 0.455 e. The second kappa shape index (κ2) is 7.66. The van der Waals surface area contributed by atoms with E-state index in [1.54, 1.807) is 0 Å². The number of para-hydroxylation sites is 1. The first-order chi connectivity index (χ1) is 14.2. The first-order valence-corrected chi connectivity index (χ1v) is 10.8. The number of ether oxygens (including phenoxy) is 1. The average molecular weight is 389 g/mol. The van der Waals surface area contributed by atoms with Gasteiger partial charge in [-0.25, -0.2) is 0 Å². The Labute approximate surface area is 171 Å². The molecule has 0 radical (unpaired) electrons. The Morgan fingerprint density at radius 1 is 0.828 bits per heavy atom. The van der Waals surface area contributed by atoms with E-state index in [4.69, 9.17) is 4.74 Å². The number of amides is 1. The number of hydrogen-bond acceptors (Lipinski definition) is 3. The molecule has 4 saturated carbocycles. The van der Waals surface area contributed by atoms with Gasteiger partial charge in [0.15, 0.2) is 6.61 Å². The van der Waals surface area contributed by atoms with Crippen LogP contribution >= 0.6 is 0 Å². The lowest BCUT2D eigenvalue weighted by Gasteiger charge is -2.53. The Morgan fingerprint density at radius 2 is 1.45 bits per heavy atom. The van der Waals surface area contributed by atoms with Crippen LogP contribution in [0.15, 0.2) is 54.6 Å². The van der Waals surface area contributed by atoms with Crippen LogP contribution in [-0.4, -0.2) is 18.5 Å². The molecule has 1 N–H and O–H groups in total. The summed E-state index contributed by atoms with van der Waals surface area (Å²) in [6, 6.07) is 17.6. The molecule has 2 aromatic rings. The summed E-state index contributed by atoms with van der Waals surface area (Å²) in [7, 11) is 0. The molecule has 0 saturated heterocycles. The van der Waals surface area contributed by atoms with Gasteiger partial charge in [0.25, 0.3) is 5.91 Å². The van der Waals surface area contributed by atoms with E-state index in [0.29, 0.717) is 11.8 Å². The third-order valence-corrected chi connectivity index (χ3v) is 7.13. The zero-order chi connectivity index (χ0) is 19.8. The van der Waals surface area contributed by atoms with Crippen molar-refractivity contribution in [3.05, 3.63) is 54.6 Å². The third-order valence-electron chi connectivity index (χ3n) is 7.13. The van der Waals surface area contributed by atoms with Gasteiger partial charge in [-0.05, 0) is 67.4 Å². The highest BCUT2D eigenvalue weighted by atomic mass is 16.5. The van der Waals surface area contributed by atoms with Crippen molar-refractivity contribution in [3.8, 4) is 11.1 Å². The molecule has 1 amide bonds. The molecule has 0 unspecified atom stereocenters. The van der Waals surface area contributed by atoms with E-state index in [-0.39, 0.29) is 24.4 Å². The fourth-order valence-electron chi connectivity index (χ4n) is 6.19. The highest BCUT2D eigenvalue weighted by molar-refractivity contribution is 5.97. The van der Waals surface area contributed by atoms with Gasteiger partial charge >= 0.3 is 5.97 Å². The van der Waals surface area contributed by atoms with Crippen molar-refractivity contribution in [1.29, 1.82) is 0 Å². The van der Waals surface area contributed by atoms with E-state index in [2.05, 4.69) is 5.32 Å². The number of esters is 1. The molecule has 4 fully saturated rings. The lowest BCUT2D eigenvalue weighted by atomic mass is 9.52. The van der Waals surface area contributed by atoms with E-state index in [9.17, 15) is 9.59 Å². The molecule has 2 aromatic carbocycles. The summed E-state index contributed by atoms with van der Waals surface area (Å²) in [5, 5.41) is 2.92. The van der Waals surface area contributed by atoms with Gasteiger partial charge in [-0.3, -0.25) is 9.59 Å². The predicted molar refractivity (Wildman–Crippen MR) is 112 cm³/mol. The van der Waals surface area contributed by atoms with Crippen molar-refractivity contribution in [2.45, 2.75) is 32.1 Å². The number of hydrogen-bond donors (Lipinski definition) is 1. The molecule has 4 aliphatic rings. The fourth-order valence-corrected chi connectivity index (χ4v) is 6.19. The second-order valence-electron chi connectivity index (χ2n) is 9.02. The number of anilines is 1. The summed E-state index contributed by atoms with van der Waals surface area (Å²) >= 11 is 0. The molecular weight excluding hydrogens is 362 g/mol. The molecular formula is C25H27NO3. The summed E-state index contributed by atoms with van der Waals surface area (Å²) in [4.78, 5) is 25.3. The first kappa shape index (κ1) is 18.4. The smallest absolute Gasteiger partial charge is 0.310 e. The Morgan fingerprint density at radius 3 is 2.14 bits per heavy atom. The molecule has 6 rings (SSSR count). The van der Waals surface area contributed by atoms with E-state index in [0.717, 1.165) is 28.7 Å². The van der Waals surface area contributed by atoms with Gasteiger partial charge in [0.05, 0.1) is 5.92 Å². The minimum atomic E-state index is -0.287. The van der Waals surface area contributed by atoms with Gasteiger partial charge in [0.1, 0.15) is 0 Å². The number of carbonyl (C=O) groups excluding carboxylic acids is 2. The van der Waals surface area contributed by atoms with Crippen LogP contribution in [0.3, 0.4) is 0 Å². The molecule has 0 aliphatic heterocycles. The van der Waals surface area contributed by atoms with E-state index < -0.39 is 0 Å². The topological polar surface area (TPSA) is 55.4 Å². The van der Waals surface area contributed by atoms with Crippen LogP contribution in [0.2, 0.25) is 0 Å². The standard InChI is InChI=1S/C25H27NO3/c27-23(26-22-9-5-4-8-21(22)18-6-2-1-3-7-18)15-29-25(28)24-19-11-16-10-17(13-19)14-20(24)12-16/h1-9,16-17,19-20,24H,10-15H2,(H,26,27).